The van der Waals surface area contributed by atoms with E-state index in [0.29, 0.717) is 18.5 Å². The highest BCUT2D eigenvalue weighted by atomic mass is 32.2. The molecule has 2 aromatic rings. The Morgan fingerprint density at radius 1 is 1.18 bits per heavy atom. The number of aromatic nitrogens is 2. The summed E-state index contributed by atoms with van der Waals surface area (Å²) in [6.07, 6.45) is 5.21. The summed E-state index contributed by atoms with van der Waals surface area (Å²) >= 11 is 0. The zero-order valence-electron chi connectivity index (χ0n) is 18.9. The molecule has 13 heteroatoms. The summed E-state index contributed by atoms with van der Waals surface area (Å²) < 4.78 is 30.1. The second kappa shape index (κ2) is 10.0. The number of nitrogens with two attached hydrogens (primary N) is 1. The molecule has 2 atom stereocenters. The highest BCUT2D eigenvalue weighted by Crippen LogP contribution is 2.33. The summed E-state index contributed by atoms with van der Waals surface area (Å²) in [5, 5.41) is 2.46. The van der Waals surface area contributed by atoms with Gasteiger partial charge in [-0.2, -0.15) is 0 Å². The number of nitrogens with one attached hydrogen (secondary N) is 2. The van der Waals surface area contributed by atoms with Gasteiger partial charge in [0.05, 0.1) is 31.3 Å². The van der Waals surface area contributed by atoms with E-state index >= 15 is 0 Å². The van der Waals surface area contributed by atoms with E-state index in [1.807, 2.05) is 6.92 Å². The molecule has 4 N–H and O–H groups in total. The van der Waals surface area contributed by atoms with Gasteiger partial charge < -0.3 is 20.7 Å². The average Bonchev–Trinajstić information content (AvgIpc) is 2.78. The van der Waals surface area contributed by atoms with E-state index in [-0.39, 0.29) is 28.9 Å². The van der Waals surface area contributed by atoms with Gasteiger partial charge >= 0.3 is 11.8 Å². The molecule has 0 aromatic carbocycles. The number of ether oxygens (including phenoxy) is 1. The van der Waals surface area contributed by atoms with E-state index in [4.69, 9.17) is 10.5 Å². The molecule has 0 aliphatic carbocycles. The predicted octanol–water partition coefficient (Wildman–Crippen LogP) is 0.894. The summed E-state index contributed by atoms with van der Waals surface area (Å²) in [5.41, 5.74) is 6.08. The van der Waals surface area contributed by atoms with Gasteiger partial charge in [0.1, 0.15) is 11.4 Å². The van der Waals surface area contributed by atoms with Crippen LogP contribution in [-0.2, 0) is 19.6 Å². The van der Waals surface area contributed by atoms with E-state index < -0.39 is 33.8 Å². The highest BCUT2D eigenvalue weighted by Gasteiger charge is 2.34. The number of carbonyl (C=O) groups is 3. The largest absolute Gasteiger partial charge is 0.480 e. The van der Waals surface area contributed by atoms with Crippen molar-refractivity contribution in [2.45, 2.75) is 25.8 Å². The van der Waals surface area contributed by atoms with E-state index in [1.54, 1.807) is 6.07 Å². The number of pyridine rings is 2. The molecule has 0 saturated carbocycles. The zero-order chi connectivity index (χ0) is 25.0. The number of piperidine rings is 1. The van der Waals surface area contributed by atoms with Crippen LogP contribution < -0.4 is 20.5 Å². The number of nitrogens with zero attached hydrogens (tertiary/aromatic N) is 3. The number of methoxy groups -OCH3 is 1. The average molecular weight is 491 g/mol. The minimum absolute atomic E-state index is 0.00283. The van der Waals surface area contributed by atoms with Crippen molar-refractivity contribution >= 4 is 39.3 Å². The Kier molecular flexibility index (Phi) is 7.35. The summed E-state index contributed by atoms with van der Waals surface area (Å²) in [4.78, 5) is 47.0. The van der Waals surface area contributed by atoms with Crippen LogP contribution in [0.2, 0.25) is 0 Å². The lowest BCUT2D eigenvalue weighted by atomic mass is 9.90. The van der Waals surface area contributed by atoms with Gasteiger partial charge in [0.25, 0.3) is 5.91 Å². The van der Waals surface area contributed by atoms with Crippen molar-refractivity contribution in [3.63, 3.8) is 0 Å². The smallest absolute Gasteiger partial charge is 0.313 e. The number of carbonyl (C=O) groups excluding carboxylic acids is 3. The maximum absolute atomic E-state index is 13.1. The molecule has 2 aromatic heterocycles. The lowest BCUT2D eigenvalue weighted by Crippen LogP contribution is -2.46. The number of anilines is 2. The first kappa shape index (κ1) is 24.9. The number of hydrogen-bond acceptors (Lipinski definition) is 8. The molecule has 3 rings (SSSR count). The number of likely N-dealkylation sites (tertiary alicyclic amines) is 1. The number of sulfonamides is 1. The molecule has 12 nitrogen and oxygen atoms in total. The lowest BCUT2D eigenvalue weighted by molar-refractivity contribution is -0.146. The predicted molar refractivity (Wildman–Crippen MR) is 123 cm³/mol. The van der Waals surface area contributed by atoms with Crippen LogP contribution in [0.5, 0.6) is 5.88 Å². The van der Waals surface area contributed by atoms with Gasteiger partial charge in [-0.15, -0.1) is 0 Å². The monoisotopic (exact) mass is 490 g/mol. The highest BCUT2D eigenvalue weighted by molar-refractivity contribution is 7.92. The number of hydrogen-bond donors (Lipinski definition) is 3. The molecule has 3 heterocycles. The van der Waals surface area contributed by atoms with Crippen molar-refractivity contribution in [3.05, 3.63) is 41.7 Å². The van der Waals surface area contributed by atoms with Crippen molar-refractivity contribution in [1.29, 1.82) is 0 Å². The SMILES string of the molecule is COc1ncc(NC(=O)C(=O)N2CC(C)CCC2c2ccc(NS(C)(=O)=O)nc2)cc1C(N)=O. The van der Waals surface area contributed by atoms with E-state index in [2.05, 4.69) is 20.0 Å². The third kappa shape index (κ3) is 5.98. The Hall–Kier alpha value is -3.74. The van der Waals surface area contributed by atoms with Gasteiger partial charge in [0.2, 0.25) is 15.9 Å². The van der Waals surface area contributed by atoms with Crippen LogP contribution in [0.4, 0.5) is 11.5 Å². The van der Waals surface area contributed by atoms with Gasteiger partial charge in [-0.1, -0.05) is 13.0 Å². The van der Waals surface area contributed by atoms with Crippen molar-refractivity contribution in [2.24, 2.45) is 11.7 Å². The maximum atomic E-state index is 13.1. The van der Waals surface area contributed by atoms with Crippen molar-refractivity contribution in [3.8, 4) is 5.88 Å². The van der Waals surface area contributed by atoms with Crippen molar-refractivity contribution in [1.82, 2.24) is 14.9 Å². The molecule has 1 aliphatic rings. The lowest BCUT2D eigenvalue weighted by Gasteiger charge is -2.38. The molecule has 34 heavy (non-hydrogen) atoms. The molecular formula is C21H26N6O6S. The normalized spacial score (nSPS) is 18.1. The minimum Gasteiger partial charge on any atom is -0.480 e. The summed E-state index contributed by atoms with van der Waals surface area (Å²) in [7, 11) is -2.15. The summed E-state index contributed by atoms with van der Waals surface area (Å²) in [5.74, 6) is -2.11. The van der Waals surface area contributed by atoms with Crippen LogP contribution in [0.25, 0.3) is 0 Å². The second-order valence-corrected chi connectivity index (χ2v) is 9.85. The molecule has 0 bridgehead atoms. The molecule has 1 aliphatic heterocycles. The van der Waals surface area contributed by atoms with Crippen LogP contribution >= 0.6 is 0 Å². The van der Waals surface area contributed by atoms with E-state index in [9.17, 15) is 22.8 Å². The zero-order valence-corrected chi connectivity index (χ0v) is 19.8. The fourth-order valence-electron chi connectivity index (χ4n) is 3.75. The van der Waals surface area contributed by atoms with Crippen molar-refractivity contribution < 1.29 is 27.5 Å². The van der Waals surface area contributed by atoms with Crippen LogP contribution in [-0.4, -0.2) is 60.9 Å². The molecular weight excluding hydrogens is 464 g/mol. The Morgan fingerprint density at radius 2 is 1.91 bits per heavy atom. The topological polar surface area (TPSA) is 174 Å². The Labute approximate surface area is 196 Å². The molecule has 182 valence electrons. The first-order chi connectivity index (χ1) is 16.0. The van der Waals surface area contributed by atoms with Gasteiger partial charge in [0, 0.05) is 12.7 Å². The molecule has 3 amide bonds. The molecule has 2 unspecified atom stereocenters. The van der Waals surface area contributed by atoms with Crippen LogP contribution in [0.1, 0.15) is 41.7 Å². The third-order valence-corrected chi connectivity index (χ3v) is 5.88. The second-order valence-electron chi connectivity index (χ2n) is 8.11. The molecule has 1 saturated heterocycles. The van der Waals surface area contributed by atoms with Crippen LogP contribution in [0.3, 0.4) is 0 Å². The Balaban J connectivity index is 1.80. The molecule has 1 fully saturated rings. The summed E-state index contributed by atoms with van der Waals surface area (Å²) in [6, 6.07) is 4.05. The first-order valence-electron chi connectivity index (χ1n) is 10.4. The summed E-state index contributed by atoms with van der Waals surface area (Å²) in [6.45, 7) is 2.34. The van der Waals surface area contributed by atoms with Gasteiger partial charge in [-0.25, -0.2) is 18.4 Å². The number of amides is 3. The van der Waals surface area contributed by atoms with E-state index in [1.165, 1.54) is 36.5 Å². The van der Waals surface area contributed by atoms with Gasteiger partial charge in [0.15, 0.2) is 0 Å². The third-order valence-electron chi connectivity index (χ3n) is 5.30. The molecule has 0 spiro atoms. The standard InChI is InChI=1S/C21H26N6O6S/c1-12-4-6-16(13-5-7-17(23-9-13)26-34(3,31)32)27(11-12)21(30)19(29)25-14-8-15(18(22)28)20(33-2)24-10-14/h5,7-10,12,16H,4,6,11H2,1-3H3,(H2,22,28)(H,23,26)(H,25,29). The number of primary amides is 1. The minimum atomic E-state index is -3.47. The van der Waals surface area contributed by atoms with E-state index in [0.717, 1.165) is 12.7 Å². The van der Waals surface area contributed by atoms with Crippen molar-refractivity contribution in [2.75, 3.05) is 29.9 Å². The quantitative estimate of drug-likeness (QED) is 0.501. The first-order valence-corrected chi connectivity index (χ1v) is 12.3. The molecule has 0 radical (unpaired) electrons. The van der Waals surface area contributed by atoms with Crippen LogP contribution in [0, 0.1) is 5.92 Å². The number of rotatable bonds is 6. The fourth-order valence-corrected chi connectivity index (χ4v) is 4.25. The maximum Gasteiger partial charge on any atom is 0.313 e. The van der Waals surface area contributed by atoms with Gasteiger partial charge in [-0.3, -0.25) is 19.1 Å². The van der Waals surface area contributed by atoms with Crippen LogP contribution in [0.15, 0.2) is 30.6 Å². The fraction of sp³-hybridized carbons (Fsp3) is 0.381. The van der Waals surface area contributed by atoms with Gasteiger partial charge in [-0.05, 0) is 36.5 Å². The Morgan fingerprint density at radius 3 is 2.50 bits per heavy atom. The Bertz CT molecular complexity index is 1200.